The van der Waals surface area contributed by atoms with Crippen molar-refractivity contribution in [3.05, 3.63) is 46.3 Å². The van der Waals surface area contributed by atoms with Crippen molar-refractivity contribution in [3.8, 4) is 0 Å². The van der Waals surface area contributed by atoms with Gasteiger partial charge >= 0.3 is 5.63 Å². The van der Waals surface area contributed by atoms with E-state index < -0.39 is 5.63 Å². The van der Waals surface area contributed by atoms with Crippen LogP contribution in [0, 0.1) is 5.92 Å². The van der Waals surface area contributed by atoms with Gasteiger partial charge in [-0.2, -0.15) is 0 Å². The molecule has 0 spiro atoms. The molecule has 0 radical (unpaired) electrons. The third kappa shape index (κ3) is 2.86. The van der Waals surface area contributed by atoms with Gasteiger partial charge in [-0.3, -0.25) is 4.79 Å². The van der Waals surface area contributed by atoms with E-state index in [1.165, 1.54) is 0 Å². The molecule has 23 heavy (non-hydrogen) atoms. The summed E-state index contributed by atoms with van der Waals surface area (Å²) in [4.78, 5) is 26.6. The first-order valence-electron chi connectivity index (χ1n) is 7.78. The van der Waals surface area contributed by atoms with Gasteiger partial charge in [0.2, 0.25) is 0 Å². The van der Waals surface area contributed by atoms with Crippen molar-refractivity contribution >= 4 is 29.3 Å². The lowest BCUT2D eigenvalue weighted by atomic mass is 9.93. The number of rotatable bonds is 1. The highest BCUT2D eigenvalue weighted by Crippen LogP contribution is 2.25. The monoisotopic (exact) mass is 334 g/mol. The Morgan fingerprint density at radius 3 is 2.96 bits per heavy atom. The van der Waals surface area contributed by atoms with Crippen LogP contribution in [0.5, 0.6) is 0 Å². The van der Waals surface area contributed by atoms with Gasteiger partial charge in [-0.05, 0) is 37.4 Å². The van der Waals surface area contributed by atoms with Gasteiger partial charge in [-0.1, -0.05) is 18.2 Å². The van der Waals surface area contributed by atoms with Gasteiger partial charge in [0.25, 0.3) is 5.91 Å². The molecule has 5 nitrogen and oxygen atoms in total. The molecular weight excluding hydrogens is 316 g/mol. The summed E-state index contributed by atoms with van der Waals surface area (Å²) >= 11 is 0. The van der Waals surface area contributed by atoms with Crippen LogP contribution >= 0.6 is 12.4 Å². The largest absolute Gasteiger partial charge is 0.422 e. The molecule has 1 aromatic carbocycles. The Morgan fingerprint density at radius 1 is 1.26 bits per heavy atom. The van der Waals surface area contributed by atoms with Crippen LogP contribution in [0.2, 0.25) is 0 Å². The molecule has 1 amide bonds. The summed E-state index contributed by atoms with van der Waals surface area (Å²) in [5, 5.41) is 4.26. The Morgan fingerprint density at radius 2 is 2.09 bits per heavy atom. The molecule has 2 aliphatic heterocycles. The zero-order valence-corrected chi connectivity index (χ0v) is 13.5. The number of hydrogen-bond acceptors (Lipinski definition) is 4. The van der Waals surface area contributed by atoms with Crippen LogP contribution < -0.4 is 10.9 Å². The molecule has 1 aromatic heterocycles. The summed E-state index contributed by atoms with van der Waals surface area (Å²) in [6, 6.07) is 9.44. The van der Waals surface area contributed by atoms with E-state index in [0.29, 0.717) is 24.1 Å². The Hall–Kier alpha value is -1.85. The van der Waals surface area contributed by atoms with E-state index in [0.717, 1.165) is 31.3 Å². The number of likely N-dealkylation sites (tertiary alicyclic amines) is 1. The van der Waals surface area contributed by atoms with Crippen molar-refractivity contribution in [1.82, 2.24) is 10.2 Å². The standard InChI is InChI=1S/C17H18N2O3.ClH/c20-16(19-8-6-14-12(10-19)5-7-18-14)13-9-11-3-1-2-4-15(11)22-17(13)21;/h1-4,9,12,14,18H,5-8,10H2;1H. The van der Waals surface area contributed by atoms with Gasteiger partial charge in [0.05, 0.1) is 0 Å². The van der Waals surface area contributed by atoms with E-state index in [9.17, 15) is 9.59 Å². The number of amides is 1. The quantitative estimate of drug-likeness (QED) is 0.811. The number of para-hydroxylation sites is 1. The minimum absolute atomic E-state index is 0. The lowest BCUT2D eigenvalue weighted by Gasteiger charge is -2.34. The van der Waals surface area contributed by atoms with Crippen molar-refractivity contribution in [2.24, 2.45) is 5.92 Å². The zero-order valence-electron chi connectivity index (χ0n) is 12.7. The van der Waals surface area contributed by atoms with E-state index in [2.05, 4.69) is 5.32 Å². The van der Waals surface area contributed by atoms with Gasteiger partial charge in [-0.25, -0.2) is 4.79 Å². The molecule has 6 heteroatoms. The van der Waals surface area contributed by atoms with E-state index in [4.69, 9.17) is 4.42 Å². The predicted octanol–water partition coefficient (Wildman–Crippen LogP) is 2.04. The lowest BCUT2D eigenvalue weighted by Crippen LogP contribution is -2.47. The first-order valence-corrected chi connectivity index (χ1v) is 7.78. The lowest BCUT2D eigenvalue weighted by molar-refractivity contribution is 0.0658. The molecule has 1 N–H and O–H groups in total. The number of nitrogens with zero attached hydrogens (tertiary/aromatic N) is 1. The number of carbonyl (C=O) groups excluding carboxylic acids is 1. The number of halogens is 1. The fourth-order valence-electron chi connectivity index (χ4n) is 3.61. The number of benzene rings is 1. The molecule has 122 valence electrons. The first-order chi connectivity index (χ1) is 10.7. The Labute approximate surface area is 140 Å². The Bertz CT molecular complexity index is 789. The van der Waals surface area contributed by atoms with Crippen molar-refractivity contribution in [2.75, 3.05) is 19.6 Å². The average molecular weight is 335 g/mol. The van der Waals surface area contributed by atoms with E-state index in [1.807, 2.05) is 18.2 Å². The highest BCUT2D eigenvalue weighted by Gasteiger charge is 2.35. The predicted molar refractivity (Wildman–Crippen MR) is 90.2 cm³/mol. The molecular formula is C17H19ClN2O3. The molecule has 0 saturated carbocycles. The van der Waals surface area contributed by atoms with E-state index in [-0.39, 0.29) is 23.9 Å². The third-order valence-corrected chi connectivity index (χ3v) is 4.81. The van der Waals surface area contributed by atoms with Gasteiger partial charge in [0, 0.05) is 24.5 Å². The molecule has 0 bridgehead atoms. The molecule has 0 aliphatic carbocycles. The van der Waals surface area contributed by atoms with E-state index >= 15 is 0 Å². The second-order valence-corrected chi connectivity index (χ2v) is 6.13. The SMILES string of the molecule is Cl.O=C(c1cc2ccccc2oc1=O)N1CCC2NCCC2C1. The first kappa shape index (κ1) is 16.0. The third-order valence-electron chi connectivity index (χ3n) is 4.81. The van der Waals surface area contributed by atoms with Crippen molar-refractivity contribution in [2.45, 2.75) is 18.9 Å². The highest BCUT2D eigenvalue weighted by atomic mass is 35.5. The second-order valence-electron chi connectivity index (χ2n) is 6.13. The van der Waals surface area contributed by atoms with Crippen LogP contribution in [0.15, 0.2) is 39.5 Å². The number of hydrogen-bond donors (Lipinski definition) is 1. The van der Waals surface area contributed by atoms with E-state index in [1.54, 1.807) is 17.0 Å². The zero-order chi connectivity index (χ0) is 15.1. The molecule has 2 saturated heterocycles. The molecule has 4 rings (SSSR count). The number of piperidine rings is 1. The van der Waals surface area contributed by atoms with Crippen LogP contribution in [0.25, 0.3) is 11.0 Å². The summed E-state index contributed by atoms with van der Waals surface area (Å²) in [6.07, 6.45) is 2.05. The minimum atomic E-state index is -0.546. The number of nitrogens with one attached hydrogen (secondary N) is 1. The normalized spacial score (nSPS) is 23.4. The maximum Gasteiger partial charge on any atom is 0.349 e. The summed E-state index contributed by atoms with van der Waals surface area (Å²) in [6.45, 7) is 2.44. The van der Waals surface area contributed by atoms with Crippen LogP contribution in [-0.2, 0) is 0 Å². The van der Waals surface area contributed by atoms with Crippen molar-refractivity contribution in [3.63, 3.8) is 0 Å². The Balaban J connectivity index is 0.00000156. The summed E-state index contributed by atoms with van der Waals surface area (Å²) in [5.74, 6) is 0.301. The highest BCUT2D eigenvalue weighted by molar-refractivity contribution is 5.96. The smallest absolute Gasteiger partial charge is 0.349 e. The topological polar surface area (TPSA) is 62.6 Å². The van der Waals surface area contributed by atoms with Gasteiger partial charge in [0.15, 0.2) is 0 Å². The van der Waals surface area contributed by atoms with Crippen LogP contribution in [0.3, 0.4) is 0 Å². The molecule has 2 fully saturated rings. The fraction of sp³-hybridized carbons (Fsp3) is 0.412. The molecule has 2 atom stereocenters. The maximum atomic E-state index is 12.7. The fourth-order valence-corrected chi connectivity index (χ4v) is 3.61. The van der Waals surface area contributed by atoms with Crippen LogP contribution in [0.4, 0.5) is 0 Å². The van der Waals surface area contributed by atoms with Gasteiger partial charge in [0.1, 0.15) is 11.1 Å². The van der Waals surface area contributed by atoms with Crippen LogP contribution in [-0.4, -0.2) is 36.5 Å². The molecule has 2 aromatic rings. The van der Waals surface area contributed by atoms with Crippen molar-refractivity contribution < 1.29 is 9.21 Å². The Kier molecular flexibility index (Phi) is 4.41. The van der Waals surface area contributed by atoms with Crippen molar-refractivity contribution in [1.29, 1.82) is 0 Å². The molecule has 2 unspecified atom stereocenters. The minimum Gasteiger partial charge on any atom is -0.422 e. The van der Waals surface area contributed by atoms with Gasteiger partial charge in [-0.15, -0.1) is 12.4 Å². The summed E-state index contributed by atoms with van der Waals surface area (Å²) in [7, 11) is 0. The molecule has 2 aliphatic rings. The van der Waals surface area contributed by atoms with Crippen LogP contribution in [0.1, 0.15) is 23.2 Å². The molecule has 3 heterocycles. The van der Waals surface area contributed by atoms with Gasteiger partial charge < -0.3 is 14.6 Å². The summed E-state index contributed by atoms with van der Waals surface area (Å²) < 4.78 is 5.28. The summed E-state index contributed by atoms with van der Waals surface area (Å²) in [5.41, 5.74) is 0.112. The second kappa shape index (κ2) is 6.34. The number of fused-ring (bicyclic) bond motifs is 2. The number of carbonyl (C=O) groups is 1. The maximum absolute atomic E-state index is 12.7. The average Bonchev–Trinajstić information content (AvgIpc) is 3.01.